The number of benzene rings is 2. The maximum atomic E-state index is 13.9. The summed E-state index contributed by atoms with van der Waals surface area (Å²) in [7, 11) is 0. The molecule has 2 aromatic rings. The van der Waals surface area contributed by atoms with E-state index in [0.29, 0.717) is 5.56 Å². The number of carbonyl (C=O) groups excluding carboxylic acids is 4. The van der Waals surface area contributed by atoms with Crippen LogP contribution in [-0.4, -0.2) is 76.4 Å². The van der Waals surface area contributed by atoms with Crippen molar-refractivity contribution in [3.05, 3.63) is 71.8 Å². The highest BCUT2D eigenvalue weighted by molar-refractivity contribution is 6.08. The standard InChI is InChI=1S/C30H35F3N4O5/c1-28(2,34)25(39)35-23(18-42-17-21-11-7-4-8-12-21)24(38)22-13-14-37-27(41)36(19-30(31,32)33)26(40)29(37,16-22)15-20-9-5-3-6-10-20/h3-12,22-23H,13-19,34H2,1-2H3,(H,35,39)/t22?,23-,29-/m1/s1. The van der Waals surface area contributed by atoms with Crippen molar-refractivity contribution in [1.29, 1.82) is 0 Å². The molecule has 3 atom stereocenters. The van der Waals surface area contributed by atoms with Gasteiger partial charge in [0, 0.05) is 18.9 Å². The summed E-state index contributed by atoms with van der Waals surface area (Å²) in [5.74, 6) is -2.87. The Labute approximate surface area is 242 Å². The van der Waals surface area contributed by atoms with Crippen LogP contribution in [0.15, 0.2) is 60.7 Å². The summed E-state index contributed by atoms with van der Waals surface area (Å²) in [4.78, 5) is 54.9. The number of Topliss-reactive ketones (excluding diaryl/α,β-unsaturated/α-hetero) is 1. The molecule has 3 N–H and O–H groups in total. The van der Waals surface area contributed by atoms with Crippen LogP contribution >= 0.6 is 0 Å². The maximum Gasteiger partial charge on any atom is 0.406 e. The third-order valence-electron chi connectivity index (χ3n) is 7.62. The van der Waals surface area contributed by atoms with Crippen molar-refractivity contribution in [3.8, 4) is 0 Å². The van der Waals surface area contributed by atoms with E-state index < -0.39 is 59.4 Å². The first-order chi connectivity index (χ1) is 19.7. The Morgan fingerprint density at radius 1 is 1.05 bits per heavy atom. The molecule has 226 valence electrons. The average molecular weight is 589 g/mol. The topological polar surface area (TPSA) is 122 Å². The smallest absolute Gasteiger partial charge is 0.374 e. The molecule has 0 bridgehead atoms. The van der Waals surface area contributed by atoms with Crippen molar-refractivity contribution in [3.63, 3.8) is 0 Å². The zero-order valence-electron chi connectivity index (χ0n) is 23.5. The van der Waals surface area contributed by atoms with E-state index in [4.69, 9.17) is 10.5 Å². The molecule has 0 aromatic heterocycles. The Hall–Kier alpha value is -3.77. The third-order valence-corrected chi connectivity index (χ3v) is 7.62. The number of nitrogens with two attached hydrogens (primary N) is 1. The fourth-order valence-electron chi connectivity index (χ4n) is 5.52. The van der Waals surface area contributed by atoms with Crippen molar-refractivity contribution in [2.24, 2.45) is 11.7 Å². The fourth-order valence-corrected chi connectivity index (χ4v) is 5.52. The molecule has 2 aliphatic rings. The molecule has 4 amide bonds. The monoisotopic (exact) mass is 588 g/mol. The number of hydrogen-bond donors (Lipinski definition) is 2. The molecule has 0 saturated carbocycles. The predicted octanol–water partition coefficient (Wildman–Crippen LogP) is 3.21. The number of nitrogens with one attached hydrogen (secondary N) is 1. The highest BCUT2D eigenvalue weighted by Gasteiger charge is 2.61. The van der Waals surface area contributed by atoms with Crippen LogP contribution in [0, 0.1) is 5.92 Å². The summed E-state index contributed by atoms with van der Waals surface area (Å²) in [5.41, 5.74) is 4.44. The second-order valence-electron chi connectivity index (χ2n) is 11.5. The molecule has 4 rings (SSSR count). The van der Waals surface area contributed by atoms with E-state index in [1.165, 1.54) is 18.7 Å². The molecule has 12 heteroatoms. The molecule has 2 fully saturated rings. The first-order valence-electron chi connectivity index (χ1n) is 13.7. The normalized spacial score (nSPS) is 21.7. The number of piperidine rings is 1. The van der Waals surface area contributed by atoms with E-state index in [1.54, 1.807) is 30.3 Å². The molecule has 2 aromatic carbocycles. The predicted molar refractivity (Wildman–Crippen MR) is 147 cm³/mol. The molecule has 0 aliphatic carbocycles. The lowest BCUT2D eigenvalue weighted by Gasteiger charge is -2.43. The van der Waals surface area contributed by atoms with Gasteiger partial charge in [-0.2, -0.15) is 13.2 Å². The lowest BCUT2D eigenvalue weighted by molar-refractivity contribution is -0.156. The van der Waals surface area contributed by atoms with Crippen molar-refractivity contribution in [2.75, 3.05) is 19.7 Å². The SMILES string of the molecule is CC(C)(N)C(=O)N[C@H](COCc1ccccc1)C(=O)C1CCN2C(=O)N(CC(F)(F)F)C(=O)[C@@]2(Cc2ccccc2)C1. The number of urea groups is 1. The Kier molecular flexibility index (Phi) is 9.07. The van der Waals surface area contributed by atoms with E-state index in [-0.39, 0.29) is 43.9 Å². The van der Waals surface area contributed by atoms with Gasteiger partial charge in [-0.15, -0.1) is 0 Å². The quantitative estimate of drug-likeness (QED) is 0.389. The Morgan fingerprint density at radius 2 is 1.64 bits per heavy atom. The van der Waals surface area contributed by atoms with E-state index in [9.17, 15) is 32.3 Å². The highest BCUT2D eigenvalue weighted by Crippen LogP contribution is 2.43. The number of carbonyl (C=O) groups is 4. The van der Waals surface area contributed by atoms with Crippen molar-refractivity contribution < 1.29 is 37.1 Å². The number of rotatable bonds is 11. The molecule has 0 spiro atoms. The van der Waals surface area contributed by atoms with Gasteiger partial charge in [-0.1, -0.05) is 60.7 Å². The van der Waals surface area contributed by atoms with Crippen LogP contribution < -0.4 is 11.1 Å². The van der Waals surface area contributed by atoms with Crippen LogP contribution in [0.2, 0.25) is 0 Å². The van der Waals surface area contributed by atoms with Gasteiger partial charge in [-0.3, -0.25) is 19.3 Å². The van der Waals surface area contributed by atoms with Crippen LogP contribution in [0.4, 0.5) is 18.0 Å². The van der Waals surface area contributed by atoms with Crippen molar-refractivity contribution >= 4 is 23.6 Å². The first-order valence-corrected chi connectivity index (χ1v) is 13.7. The van der Waals surface area contributed by atoms with Gasteiger partial charge in [0.25, 0.3) is 5.91 Å². The van der Waals surface area contributed by atoms with Crippen LogP contribution in [0.5, 0.6) is 0 Å². The molecule has 0 radical (unpaired) electrons. The second-order valence-corrected chi connectivity index (χ2v) is 11.5. The van der Waals surface area contributed by atoms with E-state index >= 15 is 0 Å². The van der Waals surface area contributed by atoms with Crippen LogP contribution in [0.25, 0.3) is 0 Å². The lowest BCUT2D eigenvalue weighted by atomic mass is 9.74. The second kappa shape index (κ2) is 12.2. The number of imide groups is 1. The van der Waals surface area contributed by atoms with Crippen molar-refractivity contribution in [2.45, 2.75) is 63.0 Å². The summed E-state index contributed by atoms with van der Waals surface area (Å²) in [5, 5.41) is 2.66. The number of fused-ring (bicyclic) bond motifs is 1. The van der Waals surface area contributed by atoms with Crippen molar-refractivity contribution in [1.82, 2.24) is 15.1 Å². The minimum atomic E-state index is -4.79. The number of halogens is 3. The maximum absolute atomic E-state index is 13.9. The highest BCUT2D eigenvalue weighted by atomic mass is 19.4. The molecule has 2 heterocycles. The van der Waals surface area contributed by atoms with Crippen LogP contribution in [0.3, 0.4) is 0 Å². The zero-order valence-corrected chi connectivity index (χ0v) is 23.5. The minimum Gasteiger partial charge on any atom is -0.374 e. The summed E-state index contributed by atoms with van der Waals surface area (Å²) < 4.78 is 45.9. The number of ketones is 1. The molecule has 42 heavy (non-hydrogen) atoms. The first kappa shape index (κ1) is 31.2. The average Bonchev–Trinajstić information content (AvgIpc) is 3.12. The van der Waals surface area contributed by atoms with Gasteiger partial charge in [-0.25, -0.2) is 4.79 Å². The molecule has 1 unspecified atom stereocenters. The van der Waals surface area contributed by atoms with Gasteiger partial charge in [0.15, 0.2) is 5.78 Å². The molecule has 2 saturated heterocycles. The number of alkyl halides is 3. The third kappa shape index (κ3) is 6.99. The lowest BCUT2D eigenvalue weighted by Crippen LogP contribution is -2.60. The summed E-state index contributed by atoms with van der Waals surface area (Å²) in [6.45, 7) is 1.14. The Balaban J connectivity index is 1.61. The molecular weight excluding hydrogens is 553 g/mol. The van der Waals surface area contributed by atoms with E-state index in [2.05, 4.69) is 5.32 Å². The van der Waals surface area contributed by atoms with Gasteiger partial charge in [-0.05, 0) is 37.8 Å². The summed E-state index contributed by atoms with van der Waals surface area (Å²) >= 11 is 0. The summed E-state index contributed by atoms with van der Waals surface area (Å²) in [6, 6.07) is 15.7. The van der Waals surface area contributed by atoms with Gasteiger partial charge >= 0.3 is 12.2 Å². The summed E-state index contributed by atoms with van der Waals surface area (Å²) in [6.07, 6.45) is -4.94. The van der Waals surface area contributed by atoms with E-state index in [0.717, 1.165) is 5.56 Å². The van der Waals surface area contributed by atoms with Crippen LogP contribution in [-0.2, 0) is 32.1 Å². The van der Waals surface area contributed by atoms with Gasteiger partial charge in [0.1, 0.15) is 18.1 Å². The van der Waals surface area contributed by atoms with Gasteiger partial charge in [0.2, 0.25) is 5.91 Å². The van der Waals surface area contributed by atoms with E-state index in [1.807, 2.05) is 30.3 Å². The largest absolute Gasteiger partial charge is 0.406 e. The molecular formula is C30H35F3N4O5. The Morgan fingerprint density at radius 3 is 2.21 bits per heavy atom. The van der Waals surface area contributed by atoms with Gasteiger partial charge in [0.05, 0.1) is 18.8 Å². The molecule has 2 aliphatic heterocycles. The number of ether oxygens (including phenoxy) is 1. The number of amides is 4. The zero-order chi connectivity index (χ0) is 30.7. The number of nitrogens with zero attached hydrogens (tertiary/aromatic N) is 2. The minimum absolute atomic E-state index is 0.0616. The van der Waals surface area contributed by atoms with Gasteiger partial charge < -0.3 is 20.7 Å². The fraction of sp³-hybridized carbons (Fsp3) is 0.467. The number of hydrogen-bond acceptors (Lipinski definition) is 6. The van der Waals surface area contributed by atoms with Crippen LogP contribution in [0.1, 0.15) is 37.8 Å². The molecule has 9 nitrogen and oxygen atoms in total. The Bertz CT molecular complexity index is 1300.